The van der Waals surface area contributed by atoms with Crippen LogP contribution >= 0.6 is 11.6 Å². The summed E-state index contributed by atoms with van der Waals surface area (Å²) in [7, 11) is -4.10. The number of nitrogens with one attached hydrogen (secondary N) is 1. The van der Waals surface area contributed by atoms with E-state index in [1.807, 2.05) is 0 Å². The molecule has 104 valence electrons. The maximum atomic E-state index is 13.5. The van der Waals surface area contributed by atoms with Gasteiger partial charge < -0.3 is 5.32 Å². The van der Waals surface area contributed by atoms with Gasteiger partial charge in [-0.3, -0.25) is 4.79 Å². The first kappa shape index (κ1) is 14.2. The second-order valence-electron chi connectivity index (χ2n) is 4.41. The number of carbonyl (C=O) groups is 1. The molecule has 0 saturated heterocycles. The maximum Gasteiger partial charge on any atom is 0.253 e. The molecular formula is C11H12ClFN2O3S. The summed E-state index contributed by atoms with van der Waals surface area (Å²) in [5.74, 6) is -1.59. The highest BCUT2D eigenvalue weighted by molar-refractivity contribution is 7.89. The van der Waals surface area contributed by atoms with Crippen LogP contribution in [-0.2, 0) is 10.0 Å². The Balaban J connectivity index is 2.37. The third-order valence-electron chi connectivity index (χ3n) is 3.02. The average molecular weight is 307 g/mol. The zero-order chi connectivity index (χ0) is 14.2. The van der Waals surface area contributed by atoms with Crippen molar-refractivity contribution >= 4 is 27.5 Å². The Morgan fingerprint density at radius 2 is 2.05 bits per heavy atom. The van der Waals surface area contributed by atoms with Crippen LogP contribution in [0.4, 0.5) is 4.39 Å². The van der Waals surface area contributed by atoms with E-state index < -0.39 is 31.7 Å². The molecule has 0 aromatic heterocycles. The summed E-state index contributed by atoms with van der Waals surface area (Å²) >= 11 is 5.68. The molecule has 19 heavy (non-hydrogen) atoms. The van der Waals surface area contributed by atoms with E-state index in [4.69, 9.17) is 16.7 Å². The second-order valence-corrected chi connectivity index (χ2v) is 6.35. The lowest BCUT2D eigenvalue weighted by Crippen LogP contribution is -2.39. The molecule has 0 atom stereocenters. The van der Waals surface area contributed by atoms with Crippen LogP contribution in [0.25, 0.3) is 0 Å². The van der Waals surface area contributed by atoms with Gasteiger partial charge >= 0.3 is 0 Å². The van der Waals surface area contributed by atoms with Gasteiger partial charge in [0.15, 0.2) is 0 Å². The predicted octanol–water partition coefficient (Wildman–Crippen LogP) is 1.41. The molecule has 1 aliphatic carbocycles. The van der Waals surface area contributed by atoms with Crippen LogP contribution in [0.2, 0.25) is 5.02 Å². The van der Waals surface area contributed by atoms with E-state index >= 15 is 0 Å². The highest BCUT2D eigenvalue weighted by atomic mass is 35.5. The van der Waals surface area contributed by atoms with E-state index in [9.17, 15) is 17.6 Å². The molecular weight excluding hydrogens is 295 g/mol. The summed E-state index contributed by atoms with van der Waals surface area (Å²) in [5, 5.41) is 7.16. The summed E-state index contributed by atoms with van der Waals surface area (Å²) in [5.41, 5.74) is -0.224. The molecule has 1 fully saturated rings. The van der Waals surface area contributed by atoms with Gasteiger partial charge in [0.1, 0.15) is 5.82 Å². The van der Waals surface area contributed by atoms with E-state index in [2.05, 4.69) is 5.32 Å². The number of rotatable bonds is 3. The topological polar surface area (TPSA) is 89.3 Å². The first-order chi connectivity index (χ1) is 8.79. The lowest BCUT2D eigenvalue weighted by Gasteiger charge is -2.26. The van der Waals surface area contributed by atoms with Gasteiger partial charge in [0.25, 0.3) is 5.91 Å². The number of hydrogen-bond acceptors (Lipinski definition) is 3. The van der Waals surface area contributed by atoms with E-state index in [0.29, 0.717) is 6.07 Å². The van der Waals surface area contributed by atoms with Crippen molar-refractivity contribution in [3.8, 4) is 0 Å². The van der Waals surface area contributed by atoms with Crippen molar-refractivity contribution in [3.63, 3.8) is 0 Å². The Morgan fingerprint density at radius 1 is 1.42 bits per heavy atom. The molecule has 1 saturated carbocycles. The minimum Gasteiger partial charge on any atom is -0.349 e. The van der Waals surface area contributed by atoms with Crippen molar-refractivity contribution in [2.75, 3.05) is 0 Å². The predicted molar refractivity (Wildman–Crippen MR) is 67.9 cm³/mol. The minimum atomic E-state index is -4.10. The fourth-order valence-corrected chi connectivity index (χ4v) is 2.45. The third kappa shape index (κ3) is 3.05. The van der Waals surface area contributed by atoms with Crippen LogP contribution in [0.1, 0.15) is 29.6 Å². The van der Waals surface area contributed by atoms with Crippen LogP contribution < -0.4 is 10.5 Å². The molecule has 1 aromatic carbocycles. The monoisotopic (exact) mass is 306 g/mol. The van der Waals surface area contributed by atoms with Gasteiger partial charge in [0.2, 0.25) is 10.0 Å². The Kier molecular flexibility index (Phi) is 3.80. The fraction of sp³-hybridized carbons (Fsp3) is 0.364. The van der Waals surface area contributed by atoms with Crippen LogP contribution in [0.5, 0.6) is 0 Å². The first-order valence-corrected chi connectivity index (χ1v) is 7.54. The van der Waals surface area contributed by atoms with Gasteiger partial charge in [0, 0.05) is 6.04 Å². The Morgan fingerprint density at radius 3 is 2.53 bits per heavy atom. The number of sulfonamides is 1. The number of amides is 1. The van der Waals surface area contributed by atoms with Crippen LogP contribution in [0.3, 0.4) is 0 Å². The average Bonchev–Trinajstić information content (AvgIpc) is 2.25. The lowest BCUT2D eigenvalue weighted by molar-refractivity contribution is 0.0916. The molecule has 0 bridgehead atoms. The highest BCUT2D eigenvalue weighted by Gasteiger charge is 2.24. The Hall–Kier alpha value is -1.18. The van der Waals surface area contributed by atoms with Gasteiger partial charge in [-0.2, -0.15) is 0 Å². The smallest absolute Gasteiger partial charge is 0.253 e. The quantitative estimate of drug-likeness (QED) is 0.884. The molecule has 1 aliphatic rings. The normalized spacial score (nSPS) is 15.9. The summed E-state index contributed by atoms with van der Waals surface area (Å²) in [4.78, 5) is 11.4. The Bertz CT molecular complexity index is 629. The minimum absolute atomic E-state index is 0.0322. The number of nitrogens with two attached hydrogens (primary N) is 1. The van der Waals surface area contributed by atoms with E-state index in [-0.39, 0.29) is 11.6 Å². The van der Waals surface area contributed by atoms with Crippen molar-refractivity contribution in [1.29, 1.82) is 0 Å². The fourth-order valence-electron chi connectivity index (χ4n) is 1.71. The SMILES string of the molecule is NS(=O)(=O)c1cc(F)c(Cl)c(C(=O)NC2CCC2)c1. The van der Waals surface area contributed by atoms with E-state index in [1.165, 1.54) is 0 Å². The van der Waals surface area contributed by atoms with Crippen LogP contribution in [0.15, 0.2) is 17.0 Å². The number of carbonyl (C=O) groups excluding carboxylic acids is 1. The van der Waals surface area contributed by atoms with Gasteiger partial charge in [0.05, 0.1) is 15.5 Å². The van der Waals surface area contributed by atoms with E-state index in [0.717, 1.165) is 25.3 Å². The number of halogens is 2. The summed E-state index contributed by atoms with van der Waals surface area (Å²) in [6, 6.07) is 1.71. The summed E-state index contributed by atoms with van der Waals surface area (Å²) in [6.07, 6.45) is 2.71. The summed E-state index contributed by atoms with van der Waals surface area (Å²) in [6.45, 7) is 0. The maximum absolute atomic E-state index is 13.5. The standard InChI is InChI=1S/C11H12ClFN2O3S/c12-10-8(11(16)15-6-2-1-3-6)4-7(5-9(10)13)19(14,17)18/h4-6H,1-3H2,(H,15,16)(H2,14,17,18). The number of benzene rings is 1. The number of primary sulfonamides is 1. The van der Waals surface area contributed by atoms with Gasteiger partial charge in [-0.1, -0.05) is 11.6 Å². The molecule has 5 nitrogen and oxygen atoms in total. The Labute approximate surface area is 115 Å². The van der Waals surface area contributed by atoms with Gasteiger partial charge in [-0.15, -0.1) is 0 Å². The van der Waals surface area contributed by atoms with Gasteiger partial charge in [-0.25, -0.2) is 17.9 Å². The molecule has 2 rings (SSSR count). The largest absolute Gasteiger partial charge is 0.349 e. The van der Waals surface area contributed by atoms with Gasteiger partial charge in [-0.05, 0) is 31.4 Å². The molecule has 0 spiro atoms. The molecule has 8 heteroatoms. The molecule has 0 unspecified atom stereocenters. The molecule has 3 N–H and O–H groups in total. The van der Waals surface area contributed by atoms with Crippen LogP contribution in [0, 0.1) is 5.82 Å². The highest BCUT2D eigenvalue weighted by Crippen LogP contribution is 2.25. The van der Waals surface area contributed by atoms with Crippen molar-refractivity contribution < 1.29 is 17.6 Å². The third-order valence-corrected chi connectivity index (χ3v) is 4.29. The van der Waals surface area contributed by atoms with Crippen molar-refractivity contribution in [2.24, 2.45) is 5.14 Å². The van der Waals surface area contributed by atoms with Crippen LogP contribution in [-0.4, -0.2) is 20.4 Å². The van der Waals surface area contributed by atoms with Crippen molar-refractivity contribution in [3.05, 3.63) is 28.5 Å². The molecule has 1 aromatic rings. The zero-order valence-corrected chi connectivity index (χ0v) is 11.4. The molecule has 1 amide bonds. The molecule has 0 heterocycles. The molecule has 0 radical (unpaired) electrons. The van der Waals surface area contributed by atoms with Crippen molar-refractivity contribution in [2.45, 2.75) is 30.2 Å². The lowest BCUT2D eigenvalue weighted by atomic mass is 9.93. The molecule has 0 aliphatic heterocycles. The second kappa shape index (κ2) is 5.07. The first-order valence-electron chi connectivity index (χ1n) is 5.62. The van der Waals surface area contributed by atoms with E-state index in [1.54, 1.807) is 0 Å². The number of hydrogen-bond donors (Lipinski definition) is 2. The van der Waals surface area contributed by atoms with Crippen molar-refractivity contribution in [1.82, 2.24) is 5.32 Å². The zero-order valence-electron chi connectivity index (χ0n) is 9.82. The summed E-state index contributed by atoms with van der Waals surface area (Å²) < 4.78 is 35.9.